The third-order valence-corrected chi connectivity index (χ3v) is 4.04. The van der Waals surface area contributed by atoms with Gasteiger partial charge in [0.25, 0.3) is 0 Å². The molecule has 0 aromatic heterocycles. The van der Waals surface area contributed by atoms with Crippen molar-refractivity contribution in [2.45, 2.75) is 19.9 Å². The van der Waals surface area contributed by atoms with Crippen molar-refractivity contribution >= 4 is 11.4 Å². The first-order valence-electron chi connectivity index (χ1n) is 7.47. The topological polar surface area (TPSA) is 15.3 Å². The van der Waals surface area contributed by atoms with Crippen LogP contribution >= 0.6 is 0 Å². The molecule has 3 rings (SSSR count). The molecule has 0 radical (unpaired) electrons. The maximum Gasteiger partial charge on any atom is 0.123 e. The summed E-state index contributed by atoms with van der Waals surface area (Å²) in [6.45, 7) is 3.91. The van der Waals surface area contributed by atoms with Gasteiger partial charge in [-0.25, -0.2) is 4.39 Å². The van der Waals surface area contributed by atoms with Crippen molar-refractivity contribution in [1.29, 1.82) is 0 Å². The van der Waals surface area contributed by atoms with Gasteiger partial charge in [-0.2, -0.15) is 0 Å². The number of hydrogen-bond acceptors (Lipinski definition) is 2. The van der Waals surface area contributed by atoms with Gasteiger partial charge in [0.1, 0.15) is 5.82 Å². The van der Waals surface area contributed by atoms with E-state index in [0.29, 0.717) is 12.5 Å². The van der Waals surface area contributed by atoms with Crippen LogP contribution in [0.25, 0.3) is 0 Å². The summed E-state index contributed by atoms with van der Waals surface area (Å²) in [6, 6.07) is 13.6. The van der Waals surface area contributed by atoms with E-state index in [1.807, 2.05) is 13.1 Å². The summed E-state index contributed by atoms with van der Waals surface area (Å²) in [5.41, 5.74) is 4.72. The highest BCUT2D eigenvalue weighted by atomic mass is 19.1. The SMILES string of the molecule is CNCc1cc(F)ccc1N1CC(C)Cc2ccccc21. The van der Waals surface area contributed by atoms with Crippen LogP contribution in [0.5, 0.6) is 0 Å². The van der Waals surface area contributed by atoms with Crippen molar-refractivity contribution in [2.24, 2.45) is 5.92 Å². The summed E-state index contributed by atoms with van der Waals surface area (Å²) in [6.07, 6.45) is 1.11. The Bertz CT molecular complexity index is 639. The average molecular weight is 284 g/mol. The van der Waals surface area contributed by atoms with Crippen molar-refractivity contribution in [1.82, 2.24) is 5.32 Å². The van der Waals surface area contributed by atoms with E-state index >= 15 is 0 Å². The van der Waals surface area contributed by atoms with Gasteiger partial charge in [0, 0.05) is 24.5 Å². The van der Waals surface area contributed by atoms with Crippen LogP contribution in [0.2, 0.25) is 0 Å². The van der Waals surface area contributed by atoms with Crippen molar-refractivity contribution in [3.8, 4) is 0 Å². The number of rotatable bonds is 3. The summed E-state index contributed by atoms with van der Waals surface area (Å²) in [5, 5.41) is 3.13. The maximum atomic E-state index is 13.6. The lowest BCUT2D eigenvalue weighted by molar-refractivity contribution is 0.560. The molecular formula is C18H21FN2. The summed E-state index contributed by atoms with van der Waals surface area (Å²) >= 11 is 0. The number of nitrogens with one attached hydrogen (secondary N) is 1. The fourth-order valence-corrected chi connectivity index (χ4v) is 3.17. The Balaban J connectivity index is 2.08. The summed E-state index contributed by atoms with van der Waals surface area (Å²) in [4.78, 5) is 2.33. The van der Waals surface area contributed by atoms with Gasteiger partial charge < -0.3 is 10.2 Å². The van der Waals surface area contributed by atoms with Crippen LogP contribution < -0.4 is 10.2 Å². The number of halogens is 1. The Hall–Kier alpha value is -1.87. The van der Waals surface area contributed by atoms with E-state index in [9.17, 15) is 4.39 Å². The first-order chi connectivity index (χ1) is 10.2. The molecule has 2 nitrogen and oxygen atoms in total. The third-order valence-electron chi connectivity index (χ3n) is 4.04. The molecule has 0 aliphatic carbocycles. The molecule has 0 saturated carbocycles. The Labute approximate surface area is 125 Å². The number of fused-ring (bicyclic) bond motifs is 1. The molecule has 0 amide bonds. The number of nitrogens with zero attached hydrogens (tertiary/aromatic N) is 1. The predicted octanol–water partition coefficient (Wildman–Crippen LogP) is 3.88. The van der Waals surface area contributed by atoms with Gasteiger partial charge >= 0.3 is 0 Å². The van der Waals surface area contributed by atoms with Crippen molar-refractivity contribution < 1.29 is 4.39 Å². The van der Waals surface area contributed by atoms with E-state index in [-0.39, 0.29) is 5.82 Å². The zero-order chi connectivity index (χ0) is 14.8. The van der Waals surface area contributed by atoms with Crippen molar-refractivity contribution in [3.63, 3.8) is 0 Å². The van der Waals surface area contributed by atoms with E-state index in [4.69, 9.17) is 0 Å². The van der Waals surface area contributed by atoms with Crippen LogP contribution in [0.1, 0.15) is 18.1 Å². The van der Waals surface area contributed by atoms with Crippen LogP contribution in [0.3, 0.4) is 0 Å². The fourth-order valence-electron chi connectivity index (χ4n) is 3.17. The summed E-state index contributed by atoms with van der Waals surface area (Å²) < 4.78 is 13.6. The maximum absolute atomic E-state index is 13.6. The number of benzene rings is 2. The van der Waals surface area contributed by atoms with E-state index in [1.54, 1.807) is 12.1 Å². The molecule has 3 heteroatoms. The highest BCUT2D eigenvalue weighted by molar-refractivity contribution is 5.70. The van der Waals surface area contributed by atoms with E-state index in [1.165, 1.54) is 11.3 Å². The zero-order valence-electron chi connectivity index (χ0n) is 12.6. The Morgan fingerprint density at radius 3 is 2.81 bits per heavy atom. The molecule has 1 N–H and O–H groups in total. The van der Waals surface area contributed by atoms with Crippen LogP contribution in [0.4, 0.5) is 15.8 Å². The zero-order valence-corrected chi connectivity index (χ0v) is 12.6. The van der Waals surface area contributed by atoms with Gasteiger partial charge in [0.2, 0.25) is 0 Å². The number of hydrogen-bond donors (Lipinski definition) is 1. The minimum absolute atomic E-state index is 0.178. The molecular weight excluding hydrogens is 263 g/mol. The molecule has 0 saturated heterocycles. The molecule has 1 aliphatic rings. The molecule has 2 aromatic rings. The molecule has 1 aliphatic heterocycles. The molecule has 0 fully saturated rings. The first kappa shape index (κ1) is 14.1. The molecule has 2 aromatic carbocycles. The van der Waals surface area contributed by atoms with Gasteiger partial charge in [-0.05, 0) is 54.8 Å². The van der Waals surface area contributed by atoms with Crippen LogP contribution in [0, 0.1) is 11.7 Å². The Morgan fingerprint density at radius 2 is 2.00 bits per heavy atom. The van der Waals surface area contributed by atoms with E-state index < -0.39 is 0 Å². The predicted molar refractivity (Wildman–Crippen MR) is 85.5 cm³/mol. The minimum atomic E-state index is -0.178. The minimum Gasteiger partial charge on any atom is -0.341 e. The highest BCUT2D eigenvalue weighted by Crippen LogP contribution is 2.37. The lowest BCUT2D eigenvalue weighted by Crippen LogP contribution is -2.31. The monoisotopic (exact) mass is 284 g/mol. The molecule has 1 atom stereocenters. The Morgan fingerprint density at radius 1 is 1.19 bits per heavy atom. The second-order valence-corrected chi connectivity index (χ2v) is 5.85. The standard InChI is InChI=1S/C18H21FN2/c1-13-9-14-5-3-4-6-17(14)21(12-13)18-8-7-16(19)10-15(18)11-20-2/h3-8,10,13,20H,9,11-12H2,1-2H3. The summed E-state index contributed by atoms with van der Waals surface area (Å²) in [7, 11) is 1.89. The first-order valence-corrected chi connectivity index (χ1v) is 7.47. The van der Waals surface area contributed by atoms with Crippen LogP contribution in [0.15, 0.2) is 42.5 Å². The Kier molecular flexibility index (Phi) is 3.93. The smallest absolute Gasteiger partial charge is 0.123 e. The molecule has 110 valence electrons. The quantitative estimate of drug-likeness (QED) is 0.920. The molecule has 1 heterocycles. The average Bonchev–Trinajstić information content (AvgIpc) is 2.47. The van der Waals surface area contributed by atoms with Crippen LogP contribution in [-0.4, -0.2) is 13.6 Å². The lowest BCUT2D eigenvalue weighted by atomic mass is 9.93. The summed E-state index contributed by atoms with van der Waals surface area (Å²) in [5.74, 6) is 0.412. The van der Waals surface area contributed by atoms with Gasteiger partial charge in [-0.1, -0.05) is 25.1 Å². The van der Waals surface area contributed by atoms with Gasteiger partial charge in [-0.3, -0.25) is 0 Å². The molecule has 0 spiro atoms. The van der Waals surface area contributed by atoms with Crippen molar-refractivity contribution in [3.05, 3.63) is 59.4 Å². The normalized spacial score (nSPS) is 17.7. The molecule has 0 bridgehead atoms. The number of para-hydroxylation sites is 1. The van der Waals surface area contributed by atoms with Crippen LogP contribution in [-0.2, 0) is 13.0 Å². The number of anilines is 2. The van der Waals surface area contributed by atoms with E-state index in [2.05, 4.69) is 41.4 Å². The third kappa shape index (κ3) is 2.79. The largest absolute Gasteiger partial charge is 0.341 e. The molecule has 21 heavy (non-hydrogen) atoms. The van der Waals surface area contributed by atoms with E-state index in [0.717, 1.165) is 24.2 Å². The fraction of sp³-hybridized carbons (Fsp3) is 0.333. The second kappa shape index (κ2) is 5.86. The van der Waals surface area contributed by atoms with Gasteiger partial charge in [0.15, 0.2) is 0 Å². The lowest BCUT2D eigenvalue weighted by Gasteiger charge is -2.36. The highest BCUT2D eigenvalue weighted by Gasteiger charge is 2.24. The van der Waals surface area contributed by atoms with Crippen molar-refractivity contribution in [2.75, 3.05) is 18.5 Å². The molecule has 1 unspecified atom stereocenters. The van der Waals surface area contributed by atoms with Gasteiger partial charge in [0.05, 0.1) is 0 Å². The second-order valence-electron chi connectivity index (χ2n) is 5.85. The van der Waals surface area contributed by atoms with Gasteiger partial charge in [-0.15, -0.1) is 0 Å².